The standard InChI is InChI=1S/C18H19BrN2O5/c1-25-14-8-10(13(19)9-15(14)26-2)7-12-16(22)20-18(24)21(17(12)23)11-5-3-4-6-11/h7-9,11H,3-6H2,1-2H3,(H,20,22,24)/b12-7+. The number of benzene rings is 1. The van der Waals surface area contributed by atoms with Gasteiger partial charge < -0.3 is 9.47 Å². The topological polar surface area (TPSA) is 84.9 Å². The summed E-state index contributed by atoms with van der Waals surface area (Å²) in [5.74, 6) is -0.276. The first-order valence-electron chi connectivity index (χ1n) is 8.28. The number of hydrogen-bond acceptors (Lipinski definition) is 5. The monoisotopic (exact) mass is 422 g/mol. The molecule has 7 nitrogen and oxygen atoms in total. The Balaban J connectivity index is 2.00. The minimum absolute atomic E-state index is 0.0792. The number of imide groups is 2. The lowest BCUT2D eigenvalue weighted by Gasteiger charge is -2.31. The maximum absolute atomic E-state index is 12.8. The number of barbiturate groups is 1. The van der Waals surface area contributed by atoms with Crippen molar-refractivity contribution in [2.45, 2.75) is 31.7 Å². The van der Waals surface area contributed by atoms with Gasteiger partial charge in [-0.2, -0.15) is 0 Å². The first kappa shape index (κ1) is 18.4. The molecule has 1 heterocycles. The predicted molar refractivity (Wildman–Crippen MR) is 97.9 cm³/mol. The van der Waals surface area contributed by atoms with Gasteiger partial charge in [0.2, 0.25) is 0 Å². The quantitative estimate of drug-likeness (QED) is 0.595. The van der Waals surface area contributed by atoms with Gasteiger partial charge in [-0.05, 0) is 36.6 Å². The van der Waals surface area contributed by atoms with Gasteiger partial charge in [-0.25, -0.2) is 4.79 Å². The molecule has 3 rings (SSSR count). The molecule has 0 bridgehead atoms. The number of nitrogens with zero attached hydrogens (tertiary/aromatic N) is 1. The molecule has 0 atom stereocenters. The molecule has 8 heteroatoms. The fourth-order valence-corrected chi connectivity index (χ4v) is 3.74. The van der Waals surface area contributed by atoms with Crippen LogP contribution in [0.2, 0.25) is 0 Å². The summed E-state index contributed by atoms with van der Waals surface area (Å²) >= 11 is 3.41. The molecule has 0 aromatic heterocycles. The Morgan fingerprint density at radius 1 is 1.12 bits per heavy atom. The third kappa shape index (κ3) is 3.33. The van der Waals surface area contributed by atoms with E-state index in [2.05, 4.69) is 21.2 Å². The van der Waals surface area contributed by atoms with Crippen LogP contribution >= 0.6 is 15.9 Å². The molecule has 0 radical (unpaired) electrons. The predicted octanol–water partition coefficient (Wildman–Crippen LogP) is 2.87. The molecule has 2 fully saturated rings. The normalized spacial score (nSPS) is 19.9. The van der Waals surface area contributed by atoms with Crippen LogP contribution in [0.1, 0.15) is 31.2 Å². The van der Waals surface area contributed by atoms with Crippen LogP contribution in [0.5, 0.6) is 11.5 Å². The zero-order valence-corrected chi connectivity index (χ0v) is 16.1. The highest BCUT2D eigenvalue weighted by molar-refractivity contribution is 9.10. The number of carbonyl (C=O) groups is 3. The van der Waals surface area contributed by atoms with Crippen LogP contribution in [0.25, 0.3) is 6.08 Å². The van der Waals surface area contributed by atoms with Crippen LogP contribution in [0.15, 0.2) is 22.2 Å². The van der Waals surface area contributed by atoms with Crippen LogP contribution in [0.4, 0.5) is 4.79 Å². The second-order valence-corrected chi connectivity index (χ2v) is 7.01. The summed E-state index contributed by atoms with van der Waals surface area (Å²) in [6.45, 7) is 0. The number of methoxy groups -OCH3 is 2. The lowest BCUT2D eigenvalue weighted by Crippen LogP contribution is -2.57. The molecule has 1 aromatic rings. The van der Waals surface area contributed by atoms with Gasteiger partial charge in [-0.15, -0.1) is 0 Å². The number of rotatable bonds is 4. The lowest BCUT2D eigenvalue weighted by atomic mass is 10.0. The summed E-state index contributed by atoms with van der Waals surface area (Å²) < 4.78 is 11.1. The van der Waals surface area contributed by atoms with Gasteiger partial charge in [-0.1, -0.05) is 28.8 Å². The molecule has 1 aromatic carbocycles. The van der Waals surface area contributed by atoms with Crippen molar-refractivity contribution >= 4 is 39.9 Å². The molecule has 0 spiro atoms. The van der Waals surface area contributed by atoms with Crippen LogP contribution in [0.3, 0.4) is 0 Å². The SMILES string of the molecule is COc1cc(Br)c(/C=C2\C(=O)NC(=O)N(C3CCCC3)C2=O)cc1OC. The Bertz CT molecular complexity index is 799. The summed E-state index contributed by atoms with van der Waals surface area (Å²) in [5.41, 5.74) is 0.492. The van der Waals surface area contributed by atoms with E-state index in [0.717, 1.165) is 25.7 Å². The average Bonchev–Trinajstić information content (AvgIpc) is 3.13. The van der Waals surface area contributed by atoms with Crippen LogP contribution < -0.4 is 14.8 Å². The molecule has 4 amide bonds. The summed E-state index contributed by atoms with van der Waals surface area (Å²) in [6, 6.07) is 2.55. The highest BCUT2D eigenvalue weighted by Gasteiger charge is 2.40. The second kappa shape index (κ2) is 7.49. The Hall–Kier alpha value is -2.35. The molecular formula is C18H19BrN2O5. The van der Waals surface area contributed by atoms with Gasteiger partial charge in [0.15, 0.2) is 11.5 Å². The van der Waals surface area contributed by atoms with Crippen molar-refractivity contribution in [2.24, 2.45) is 0 Å². The minimum Gasteiger partial charge on any atom is -0.493 e. The zero-order chi connectivity index (χ0) is 18.8. The molecular weight excluding hydrogens is 404 g/mol. The van der Waals surface area contributed by atoms with Crippen LogP contribution in [-0.4, -0.2) is 43.0 Å². The third-order valence-electron chi connectivity index (χ3n) is 4.63. The summed E-state index contributed by atoms with van der Waals surface area (Å²) in [7, 11) is 3.02. The van der Waals surface area contributed by atoms with E-state index in [1.165, 1.54) is 25.2 Å². The number of nitrogens with one attached hydrogen (secondary N) is 1. The van der Waals surface area contributed by atoms with Crippen molar-refractivity contribution in [3.8, 4) is 11.5 Å². The molecule has 26 heavy (non-hydrogen) atoms. The van der Waals surface area contributed by atoms with Gasteiger partial charge in [-0.3, -0.25) is 19.8 Å². The summed E-state index contributed by atoms with van der Waals surface area (Å²) in [4.78, 5) is 38.4. The van der Waals surface area contributed by atoms with Gasteiger partial charge in [0.05, 0.1) is 14.2 Å². The van der Waals surface area contributed by atoms with Gasteiger partial charge in [0.25, 0.3) is 11.8 Å². The molecule has 0 unspecified atom stereocenters. The Morgan fingerprint density at radius 2 is 1.73 bits per heavy atom. The fraction of sp³-hybridized carbons (Fsp3) is 0.389. The fourth-order valence-electron chi connectivity index (χ4n) is 3.30. The van der Waals surface area contributed by atoms with Crippen molar-refractivity contribution in [3.63, 3.8) is 0 Å². The van der Waals surface area contributed by atoms with Crippen LogP contribution in [0, 0.1) is 0 Å². The highest BCUT2D eigenvalue weighted by atomic mass is 79.9. The molecule has 1 saturated carbocycles. The van der Waals surface area contributed by atoms with E-state index >= 15 is 0 Å². The second-order valence-electron chi connectivity index (χ2n) is 6.16. The van der Waals surface area contributed by atoms with E-state index in [1.807, 2.05) is 0 Å². The first-order valence-corrected chi connectivity index (χ1v) is 9.07. The van der Waals surface area contributed by atoms with Gasteiger partial charge in [0.1, 0.15) is 5.57 Å². The van der Waals surface area contributed by atoms with Gasteiger partial charge >= 0.3 is 6.03 Å². The van der Waals surface area contributed by atoms with Crippen LogP contribution in [-0.2, 0) is 9.59 Å². The first-order chi connectivity index (χ1) is 12.5. The van der Waals surface area contributed by atoms with Gasteiger partial charge in [0, 0.05) is 10.5 Å². The number of halogens is 1. The lowest BCUT2D eigenvalue weighted by molar-refractivity contribution is -0.131. The minimum atomic E-state index is -0.698. The summed E-state index contributed by atoms with van der Waals surface area (Å²) in [5, 5.41) is 2.27. The number of hydrogen-bond donors (Lipinski definition) is 1. The van der Waals surface area contributed by atoms with Crippen molar-refractivity contribution in [1.29, 1.82) is 0 Å². The third-order valence-corrected chi connectivity index (χ3v) is 5.31. The van der Waals surface area contributed by atoms with Crippen molar-refractivity contribution in [3.05, 3.63) is 27.7 Å². The Kier molecular flexibility index (Phi) is 5.31. The van der Waals surface area contributed by atoms with E-state index in [9.17, 15) is 14.4 Å². The largest absolute Gasteiger partial charge is 0.493 e. The molecule has 1 saturated heterocycles. The van der Waals surface area contributed by atoms with E-state index < -0.39 is 17.8 Å². The van der Waals surface area contributed by atoms with Crippen molar-refractivity contribution in [1.82, 2.24) is 10.2 Å². The maximum Gasteiger partial charge on any atom is 0.331 e. The van der Waals surface area contributed by atoms with E-state index in [4.69, 9.17) is 9.47 Å². The molecule has 1 aliphatic carbocycles. The molecule has 2 aliphatic rings. The smallest absolute Gasteiger partial charge is 0.331 e. The average molecular weight is 423 g/mol. The number of carbonyl (C=O) groups excluding carboxylic acids is 3. The Labute approximate surface area is 159 Å². The number of amides is 4. The van der Waals surface area contributed by atoms with E-state index in [0.29, 0.717) is 21.5 Å². The van der Waals surface area contributed by atoms with Crippen molar-refractivity contribution < 1.29 is 23.9 Å². The van der Waals surface area contributed by atoms with Crippen molar-refractivity contribution in [2.75, 3.05) is 14.2 Å². The highest BCUT2D eigenvalue weighted by Crippen LogP contribution is 2.35. The van der Waals surface area contributed by atoms with E-state index in [1.54, 1.807) is 12.1 Å². The zero-order valence-electron chi connectivity index (χ0n) is 14.5. The Morgan fingerprint density at radius 3 is 2.35 bits per heavy atom. The molecule has 138 valence electrons. The number of ether oxygens (including phenoxy) is 2. The maximum atomic E-state index is 12.8. The summed E-state index contributed by atoms with van der Waals surface area (Å²) in [6.07, 6.45) is 4.92. The molecule has 1 N–H and O–H groups in total. The van der Waals surface area contributed by atoms with E-state index in [-0.39, 0.29) is 11.6 Å². The molecule has 1 aliphatic heterocycles. The number of urea groups is 1.